The van der Waals surface area contributed by atoms with Crippen molar-refractivity contribution in [1.29, 1.82) is 0 Å². The molecule has 0 radical (unpaired) electrons. The Morgan fingerprint density at radius 2 is 2.05 bits per heavy atom. The highest BCUT2D eigenvalue weighted by Crippen LogP contribution is 2.24. The van der Waals surface area contributed by atoms with Crippen LogP contribution >= 0.6 is 0 Å². The molecule has 0 aliphatic carbocycles. The summed E-state index contributed by atoms with van der Waals surface area (Å²) in [6, 6.07) is -0.824. The first-order valence-corrected chi connectivity index (χ1v) is 8.13. The first-order valence-electron chi connectivity index (χ1n) is 6.73. The number of nitrogens with zero attached hydrogens (tertiary/aromatic N) is 2. The highest BCUT2D eigenvalue weighted by atomic mass is 32.2. The average molecular weight is 292 g/mol. The molecule has 1 fully saturated rings. The number of esters is 1. The second-order valence-corrected chi connectivity index (χ2v) is 6.93. The third-order valence-corrected chi connectivity index (χ3v) is 5.58. The third kappa shape index (κ3) is 3.67. The molecule has 0 bridgehead atoms. The zero-order chi connectivity index (χ0) is 14.6. The molecule has 112 valence electrons. The lowest BCUT2D eigenvalue weighted by Crippen LogP contribution is -2.54. The second-order valence-electron chi connectivity index (χ2n) is 4.99. The molecule has 0 saturated carbocycles. The van der Waals surface area contributed by atoms with Gasteiger partial charge >= 0.3 is 5.97 Å². The van der Waals surface area contributed by atoms with Crippen molar-refractivity contribution >= 4 is 16.2 Å². The van der Waals surface area contributed by atoms with E-state index in [2.05, 4.69) is 0 Å². The number of hydrogen-bond donors (Lipinski definition) is 0. The van der Waals surface area contributed by atoms with Crippen LogP contribution in [0.1, 0.15) is 40.0 Å². The van der Waals surface area contributed by atoms with E-state index in [4.69, 9.17) is 4.74 Å². The Bertz CT molecular complexity index is 408. The first-order chi connectivity index (χ1) is 8.82. The van der Waals surface area contributed by atoms with Crippen molar-refractivity contribution in [1.82, 2.24) is 8.61 Å². The van der Waals surface area contributed by atoms with Crippen LogP contribution in [-0.4, -0.2) is 55.3 Å². The van der Waals surface area contributed by atoms with Crippen LogP contribution in [0, 0.1) is 0 Å². The predicted molar refractivity (Wildman–Crippen MR) is 72.8 cm³/mol. The van der Waals surface area contributed by atoms with Gasteiger partial charge in [0, 0.05) is 19.6 Å². The topological polar surface area (TPSA) is 66.9 Å². The van der Waals surface area contributed by atoms with Gasteiger partial charge < -0.3 is 4.74 Å². The standard InChI is InChI=1S/C12H24N2O4S/c1-5-18-12(15)11-8-6-7-9-14(11)19(16,17)13(4)10(2)3/h10-11H,5-9H2,1-4H3/t11-/m1/s1. The number of hydrogen-bond acceptors (Lipinski definition) is 4. The highest BCUT2D eigenvalue weighted by Gasteiger charge is 2.40. The Kier molecular flexibility index (Phi) is 5.76. The lowest BCUT2D eigenvalue weighted by molar-refractivity contribution is -0.148. The summed E-state index contributed by atoms with van der Waals surface area (Å²) in [5, 5.41) is 0. The minimum Gasteiger partial charge on any atom is -0.465 e. The lowest BCUT2D eigenvalue weighted by atomic mass is 10.1. The quantitative estimate of drug-likeness (QED) is 0.709. The van der Waals surface area contributed by atoms with E-state index in [0.29, 0.717) is 13.0 Å². The van der Waals surface area contributed by atoms with Gasteiger partial charge in [0.05, 0.1) is 6.61 Å². The van der Waals surface area contributed by atoms with Crippen molar-refractivity contribution in [3.05, 3.63) is 0 Å². The van der Waals surface area contributed by atoms with Gasteiger partial charge in [0.2, 0.25) is 0 Å². The van der Waals surface area contributed by atoms with Crippen LogP contribution in [0.3, 0.4) is 0 Å². The summed E-state index contributed by atoms with van der Waals surface area (Å²) < 4.78 is 32.5. The monoisotopic (exact) mass is 292 g/mol. The van der Waals surface area contributed by atoms with E-state index in [0.717, 1.165) is 12.8 Å². The van der Waals surface area contributed by atoms with Crippen molar-refractivity contribution in [2.24, 2.45) is 0 Å². The predicted octanol–water partition coefficient (Wildman–Crippen LogP) is 0.989. The van der Waals surface area contributed by atoms with Gasteiger partial charge in [0.25, 0.3) is 10.2 Å². The molecule has 0 unspecified atom stereocenters. The molecule has 1 saturated heterocycles. The van der Waals surface area contributed by atoms with Crippen LogP contribution < -0.4 is 0 Å². The summed E-state index contributed by atoms with van der Waals surface area (Å²) in [5.74, 6) is -0.442. The first kappa shape index (κ1) is 16.4. The summed E-state index contributed by atoms with van der Waals surface area (Å²) in [4.78, 5) is 11.9. The summed E-state index contributed by atoms with van der Waals surface area (Å²) in [5.41, 5.74) is 0. The van der Waals surface area contributed by atoms with Crippen molar-refractivity contribution in [3.8, 4) is 0 Å². The number of carbonyl (C=O) groups excluding carboxylic acids is 1. The van der Waals surface area contributed by atoms with E-state index >= 15 is 0 Å². The van der Waals surface area contributed by atoms with Gasteiger partial charge in [-0.1, -0.05) is 0 Å². The van der Waals surface area contributed by atoms with Gasteiger partial charge in [0.15, 0.2) is 0 Å². The van der Waals surface area contributed by atoms with Gasteiger partial charge in [-0.05, 0) is 40.0 Å². The fraction of sp³-hybridized carbons (Fsp3) is 0.917. The van der Waals surface area contributed by atoms with Crippen molar-refractivity contribution in [2.75, 3.05) is 20.2 Å². The number of rotatable bonds is 5. The molecular weight excluding hydrogens is 268 g/mol. The second kappa shape index (κ2) is 6.67. The van der Waals surface area contributed by atoms with Gasteiger partial charge in [-0.2, -0.15) is 17.0 Å². The Labute approximate surface area is 115 Å². The molecule has 1 aliphatic rings. The van der Waals surface area contributed by atoms with E-state index in [1.54, 1.807) is 20.8 Å². The summed E-state index contributed by atoms with van der Waals surface area (Å²) in [6.45, 7) is 5.98. The molecule has 0 aromatic carbocycles. The molecule has 0 spiro atoms. The fourth-order valence-corrected chi connectivity index (χ4v) is 3.82. The summed E-state index contributed by atoms with van der Waals surface area (Å²) in [6.07, 6.45) is 2.16. The molecule has 1 atom stereocenters. The molecule has 19 heavy (non-hydrogen) atoms. The molecule has 0 aromatic rings. The maximum Gasteiger partial charge on any atom is 0.324 e. The highest BCUT2D eigenvalue weighted by molar-refractivity contribution is 7.86. The summed E-state index contributed by atoms with van der Waals surface area (Å²) >= 11 is 0. The van der Waals surface area contributed by atoms with Crippen LogP contribution in [-0.2, 0) is 19.7 Å². The van der Waals surface area contributed by atoms with E-state index in [1.165, 1.54) is 15.7 Å². The Morgan fingerprint density at radius 1 is 1.42 bits per heavy atom. The molecule has 0 aromatic heterocycles. The van der Waals surface area contributed by atoms with Crippen LogP contribution in [0.2, 0.25) is 0 Å². The largest absolute Gasteiger partial charge is 0.465 e. The van der Waals surface area contributed by atoms with E-state index in [-0.39, 0.29) is 12.6 Å². The smallest absolute Gasteiger partial charge is 0.324 e. The van der Waals surface area contributed by atoms with Crippen LogP contribution in [0.25, 0.3) is 0 Å². The molecule has 1 aliphatic heterocycles. The number of ether oxygens (including phenoxy) is 1. The average Bonchev–Trinajstić information content (AvgIpc) is 2.38. The minimum absolute atomic E-state index is 0.144. The lowest BCUT2D eigenvalue weighted by Gasteiger charge is -2.36. The normalized spacial score (nSPS) is 21.9. The number of piperidine rings is 1. The molecule has 6 nitrogen and oxygen atoms in total. The molecule has 1 heterocycles. The van der Waals surface area contributed by atoms with E-state index in [1.807, 2.05) is 0 Å². The van der Waals surface area contributed by atoms with E-state index < -0.39 is 22.2 Å². The SMILES string of the molecule is CCOC(=O)[C@H]1CCCCN1S(=O)(=O)N(C)C(C)C. The maximum atomic E-state index is 12.5. The van der Waals surface area contributed by atoms with Crippen LogP contribution in [0.15, 0.2) is 0 Å². The Balaban J connectivity index is 2.96. The van der Waals surface area contributed by atoms with Crippen molar-refractivity contribution in [3.63, 3.8) is 0 Å². The maximum absolute atomic E-state index is 12.5. The molecule has 1 rings (SSSR count). The molecular formula is C12H24N2O4S. The number of carbonyl (C=O) groups is 1. The van der Waals surface area contributed by atoms with E-state index in [9.17, 15) is 13.2 Å². The molecule has 7 heteroatoms. The minimum atomic E-state index is -3.61. The Morgan fingerprint density at radius 3 is 2.58 bits per heavy atom. The van der Waals surface area contributed by atoms with Crippen LogP contribution in [0.5, 0.6) is 0 Å². The van der Waals surface area contributed by atoms with Gasteiger partial charge in [-0.3, -0.25) is 4.79 Å². The van der Waals surface area contributed by atoms with Gasteiger partial charge in [-0.15, -0.1) is 0 Å². The Hall–Kier alpha value is -0.660. The molecule has 0 N–H and O–H groups in total. The zero-order valence-corrected chi connectivity index (χ0v) is 12.9. The molecule has 0 amide bonds. The van der Waals surface area contributed by atoms with Crippen molar-refractivity contribution < 1.29 is 17.9 Å². The van der Waals surface area contributed by atoms with Gasteiger partial charge in [0.1, 0.15) is 6.04 Å². The van der Waals surface area contributed by atoms with Gasteiger partial charge in [-0.25, -0.2) is 0 Å². The third-order valence-electron chi connectivity index (χ3n) is 3.40. The fourth-order valence-electron chi connectivity index (χ4n) is 2.09. The van der Waals surface area contributed by atoms with Crippen molar-refractivity contribution in [2.45, 2.75) is 52.1 Å². The van der Waals surface area contributed by atoms with Crippen LogP contribution in [0.4, 0.5) is 0 Å². The zero-order valence-electron chi connectivity index (χ0n) is 12.1. The summed E-state index contributed by atoms with van der Waals surface area (Å²) in [7, 11) is -2.07.